The Morgan fingerprint density at radius 2 is 1.78 bits per heavy atom. The van der Waals surface area contributed by atoms with Crippen molar-refractivity contribution in [2.45, 2.75) is 70.8 Å². The van der Waals surface area contributed by atoms with E-state index in [-0.39, 0.29) is 17.3 Å². The van der Waals surface area contributed by atoms with Gasteiger partial charge in [0.15, 0.2) is 0 Å². The van der Waals surface area contributed by atoms with E-state index in [1.165, 1.54) is 29.7 Å². The summed E-state index contributed by atoms with van der Waals surface area (Å²) < 4.78 is 18.8. The second-order valence-electron chi connectivity index (χ2n) is 10.3. The smallest absolute Gasteiger partial charge is 0.224 e. The van der Waals surface area contributed by atoms with E-state index in [2.05, 4.69) is 33.2 Å². The third-order valence-electron chi connectivity index (χ3n) is 7.94. The number of halogens is 1. The fraction of sp³-hybridized carbons (Fsp3) is 0.483. The molecule has 0 N–H and O–H groups in total. The molecule has 1 amide bonds. The van der Waals surface area contributed by atoms with Crippen LogP contribution in [0.15, 0.2) is 47.0 Å². The van der Waals surface area contributed by atoms with Crippen LogP contribution in [0.1, 0.15) is 62.5 Å². The molecule has 1 aromatic heterocycles. The van der Waals surface area contributed by atoms with Gasteiger partial charge >= 0.3 is 0 Å². The van der Waals surface area contributed by atoms with Crippen LogP contribution in [0, 0.1) is 12.7 Å². The Balaban J connectivity index is 1.31. The van der Waals surface area contributed by atoms with Crippen molar-refractivity contribution in [3.63, 3.8) is 0 Å². The molecule has 3 aromatic rings. The fourth-order valence-electron chi connectivity index (χ4n) is 6.09. The zero-order valence-electron chi connectivity index (χ0n) is 21.3. The van der Waals surface area contributed by atoms with Gasteiger partial charge in [0, 0.05) is 50.3 Å². The van der Waals surface area contributed by atoms with E-state index in [1.54, 1.807) is 26.0 Å². The van der Waals surface area contributed by atoms with Crippen LogP contribution < -0.4 is 4.90 Å². The normalized spacial score (nSPS) is 17.9. The number of carbonyl (C=O) groups is 1. The van der Waals surface area contributed by atoms with Crippen LogP contribution in [0.25, 0.3) is 11.4 Å². The Morgan fingerprint density at radius 1 is 1.06 bits per heavy atom. The minimum Gasteiger partial charge on any atom is -0.339 e. The molecule has 0 saturated heterocycles. The highest BCUT2D eigenvalue weighted by atomic mass is 19.1. The average Bonchev–Trinajstić information content (AvgIpc) is 3.21. The van der Waals surface area contributed by atoms with Gasteiger partial charge in [-0.15, -0.1) is 0 Å². The Morgan fingerprint density at radius 3 is 2.44 bits per heavy atom. The molecule has 0 bridgehead atoms. The number of benzene rings is 2. The van der Waals surface area contributed by atoms with Crippen molar-refractivity contribution in [3.8, 4) is 11.4 Å². The lowest BCUT2D eigenvalue weighted by Gasteiger charge is -2.47. The molecule has 2 aromatic carbocycles. The predicted molar refractivity (Wildman–Crippen MR) is 138 cm³/mol. The lowest BCUT2D eigenvalue weighted by Crippen LogP contribution is -2.54. The van der Waals surface area contributed by atoms with Crippen LogP contribution in [-0.2, 0) is 17.6 Å². The molecule has 0 atom stereocenters. The summed E-state index contributed by atoms with van der Waals surface area (Å²) in [6.07, 6.45) is 8.33. The minimum atomic E-state index is -0.276. The number of fused-ring (bicyclic) bond motifs is 1. The lowest BCUT2D eigenvalue weighted by molar-refractivity contribution is -0.118. The number of hydrogen-bond acceptors (Lipinski definition) is 5. The van der Waals surface area contributed by atoms with Crippen molar-refractivity contribution in [3.05, 3.63) is 65.3 Å². The molecule has 5 rings (SSSR count). The topological polar surface area (TPSA) is 62.5 Å². The number of hydrogen-bond donors (Lipinski definition) is 0. The number of nitrogens with zero attached hydrogens (tertiary/aromatic N) is 4. The molecule has 2 aliphatic rings. The second-order valence-corrected chi connectivity index (χ2v) is 10.3. The Labute approximate surface area is 212 Å². The highest BCUT2D eigenvalue weighted by Gasteiger charge is 2.40. The molecule has 1 aliphatic heterocycles. The monoisotopic (exact) mass is 490 g/mol. The SMILES string of the molecule is CC(=O)N(c1ccc(F)cc1)C1(CCN2CCc3ccc(-c4noc(C)n4)cc3CC2)CCCCC1. The summed E-state index contributed by atoms with van der Waals surface area (Å²) in [5.41, 5.74) is 4.31. The number of aryl methyl sites for hydroxylation is 1. The maximum absolute atomic E-state index is 13.6. The number of rotatable bonds is 6. The first-order valence-electron chi connectivity index (χ1n) is 13.1. The van der Waals surface area contributed by atoms with Crippen molar-refractivity contribution in [2.24, 2.45) is 0 Å². The van der Waals surface area contributed by atoms with Gasteiger partial charge in [0.05, 0.1) is 0 Å². The standard InChI is InChI=1S/C29H35FN4O2/c1-21-31-28(32-36-21)25-7-6-23-12-17-33(18-13-24(23)20-25)19-16-29(14-4-3-5-15-29)34(22(2)35)27-10-8-26(30)9-11-27/h6-11,20H,3-5,12-19H2,1-2H3. The van der Waals surface area contributed by atoms with Crippen molar-refractivity contribution in [2.75, 3.05) is 24.5 Å². The van der Waals surface area contributed by atoms with Crippen LogP contribution in [0.5, 0.6) is 0 Å². The minimum absolute atomic E-state index is 0.0380. The van der Waals surface area contributed by atoms with Crippen LogP contribution >= 0.6 is 0 Å². The third kappa shape index (κ3) is 5.21. The zero-order chi connectivity index (χ0) is 25.1. The summed E-state index contributed by atoms with van der Waals surface area (Å²) >= 11 is 0. The summed E-state index contributed by atoms with van der Waals surface area (Å²) in [7, 11) is 0. The molecule has 0 unspecified atom stereocenters. The van der Waals surface area contributed by atoms with Crippen LogP contribution in [0.2, 0.25) is 0 Å². The first kappa shape index (κ1) is 24.6. The van der Waals surface area contributed by atoms with E-state index in [0.717, 1.165) is 75.8 Å². The molecule has 36 heavy (non-hydrogen) atoms. The van der Waals surface area contributed by atoms with E-state index in [0.29, 0.717) is 11.7 Å². The van der Waals surface area contributed by atoms with Gasteiger partial charge in [0.2, 0.25) is 17.6 Å². The zero-order valence-corrected chi connectivity index (χ0v) is 21.3. The molecular weight excluding hydrogens is 455 g/mol. The maximum Gasteiger partial charge on any atom is 0.224 e. The van der Waals surface area contributed by atoms with Gasteiger partial charge in [-0.25, -0.2) is 4.39 Å². The number of anilines is 1. The molecule has 6 nitrogen and oxygen atoms in total. The molecular formula is C29H35FN4O2. The van der Waals surface area contributed by atoms with Crippen LogP contribution in [0.4, 0.5) is 10.1 Å². The Bertz CT molecular complexity index is 1200. The lowest BCUT2D eigenvalue weighted by atomic mass is 9.77. The molecule has 7 heteroatoms. The first-order valence-corrected chi connectivity index (χ1v) is 13.1. The highest BCUT2D eigenvalue weighted by Crippen LogP contribution is 2.40. The summed E-state index contributed by atoms with van der Waals surface area (Å²) in [5.74, 6) is 0.974. The summed E-state index contributed by atoms with van der Waals surface area (Å²) in [6, 6.07) is 12.9. The molecule has 1 aliphatic carbocycles. The Kier molecular flexibility index (Phi) is 7.19. The van der Waals surface area contributed by atoms with E-state index >= 15 is 0 Å². The molecule has 1 saturated carbocycles. The van der Waals surface area contributed by atoms with Gasteiger partial charge in [-0.3, -0.25) is 4.79 Å². The van der Waals surface area contributed by atoms with Gasteiger partial charge in [0.25, 0.3) is 0 Å². The summed E-state index contributed by atoms with van der Waals surface area (Å²) in [5, 5.41) is 4.07. The third-order valence-corrected chi connectivity index (χ3v) is 7.94. The van der Waals surface area contributed by atoms with Crippen molar-refractivity contribution >= 4 is 11.6 Å². The predicted octanol–water partition coefficient (Wildman–Crippen LogP) is 5.73. The van der Waals surface area contributed by atoms with Crippen molar-refractivity contribution < 1.29 is 13.7 Å². The molecule has 1 fully saturated rings. The molecule has 2 heterocycles. The number of aromatic nitrogens is 2. The molecule has 0 spiro atoms. The molecule has 190 valence electrons. The first-order chi connectivity index (χ1) is 17.4. The van der Waals surface area contributed by atoms with Gasteiger partial charge in [-0.1, -0.05) is 36.6 Å². The fourth-order valence-corrected chi connectivity index (χ4v) is 6.09. The van der Waals surface area contributed by atoms with E-state index in [1.807, 2.05) is 4.90 Å². The van der Waals surface area contributed by atoms with E-state index in [9.17, 15) is 9.18 Å². The largest absolute Gasteiger partial charge is 0.339 e. The van der Waals surface area contributed by atoms with Crippen LogP contribution in [-0.4, -0.2) is 46.1 Å². The van der Waals surface area contributed by atoms with E-state index < -0.39 is 0 Å². The van der Waals surface area contributed by atoms with Gasteiger partial charge < -0.3 is 14.3 Å². The maximum atomic E-state index is 13.6. The average molecular weight is 491 g/mol. The van der Waals surface area contributed by atoms with E-state index in [4.69, 9.17) is 4.52 Å². The van der Waals surface area contributed by atoms with Crippen molar-refractivity contribution in [1.29, 1.82) is 0 Å². The van der Waals surface area contributed by atoms with Gasteiger partial charge in [0.1, 0.15) is 5.82 Å². The Hall–Kier alpha value is -3.06. The quantitative estimate of drug-likeness (QED) is 0.442. The summed E-state index contributed by atoms with van der Waals surface area (Å²) in [6.45, 7) is 6.37. The van der Waals surface area contributed by atoms with Gasteiger partial charge in [-0.2, -0.15) is 4.98 Å². The molecule has 0 radical (unpaired) electrons. The summed E-state index contributed by atoms with van der Waals surface area (Å²) in [4.78, 5) is 21.8. The highest BCUT2D eigenvalue weighted by molar-refractivity contribution is 5.93. The number of carbonyl (C=O) groups excluding carboxylic acids is 1. The second kappa shape index (κ2) is 10.5. The van der Waals surface area contributed by atoms with Crippen molar-refractivity contribution in [1.82, 2.24) is 15.0 Å². The van der Waals surface area contributed by atoms with Gasteiger partial charge in [-0.05, 0) is 73.6 Å². The van der Waals surface area contributed by atoms with Crippen LogP contribution in [0.3, 0.4) is 0 Å². The number of amides is 1.